The molecule has 10 nitrogen and oxygen atoms in total. The maximum Gasteiger partial charge on any atom is 0.267 e. The van der Waals surface area contributed by atoms with Gasteiger partial charge >= 0.3 is 0 Å². The quantitative estimate of drug-likeness (QED) is 0.320. The highest BCUT2D eigenvalue weighted by Crippen LogP contribution is 2.42. The van der Waals surface area contributed by atoms with E-state index < -0.39 is 61.7 Å². The molecule has 14 heteroatoms. The minimum Gasteiger partial charge on any atom is -0.493 e. The summed E-state index contributed by atoms with van der Waals surface area (Å²) in [5.41, 5.74) is 0.886. The number of halogens is 4. The van der Waals surface area contributed by atoms with Crippen molar-refractivity contribution in [3.8, 4) is 23.0 Å². The first-order valence-electron chi connectivity index (χ1n) is 13.6. The molecule has 228 valence electrons. The lowest BCUT2D eigenvalue weighted by Crippen LogP contribution is -2.36. The van der Waals surface area contributed by atoms with E-state index in [1.807, 2.05) is 0 Å². The number of alkyl halides is 4. The second-order valence-electron chi connectivity index (χ2n) is 10.8. The Labute approximate surface area is 243 Å². The summed E-state index contributed by atoms with van der Waals surface area (Å²) in [7, 11) is 2.81. The van der Waals surface area contributed by atoms with Crippen LogP contribution in [0.2, 0.25) is 0 Å². The predicted octanol–water partition coefficient (Wildman–Crippen LogP) is 4.68. The van der Waals surface area contributed by atoms with Crippen LogP contribution in [0, 0.1) is 0 Å². The van der Waals surface area contributed by atoms with Gasteiger partial charge in [0.25, 0.3) is 23.7 Å². The van der Waals surface area contributed by atoms with Gasteiger partial charge in [-0.1, -0.05) is 0 Å². The molecule has 0 aromatic heterocycles. The lowest BCUT2D eigenvalue weighted by molar-refractivity contribution is 0.0116. The van der Waals surface area contributed by atoms with Crippen LogP contribution in [0.5, 0.6) is 23.0 Å². The third-order valence-electron chi connectivity index (χ3n) is 7.74. The predicted molar refractivity (Wildman–Crippen MR) is 147 cm³/mol. The molecule has 0 bridgehead atoms. The third-order valence-corrected chi connectivity index (χ3v) is 7.74. The standard InChI is InChI=1S/C29H28F4N4O6/c1-40-22-6-18-20(34-12-16-10-28(30,31)14-36(16)26(18)38)8-24(22)42-4-3-5-43-25-9-21-19(7-23(25)41-2)27(39)37-15-29(32,33)11-17(37)13-35-21/h6-9,12-13,16-17H,3-5,10-11,14-15H2,1-2H3/t16-,17-/m0/s1. The topological polar surface area (TPSA) is 102 Å². The molecule has 0 N–H and O–H groups in total. The van der Waals surface area contributed by atoms with E-state index in [2.05, 4.69) is 9.98 Å². The van der Waals surface area contributed by atoms with Crippen molar-refractivity contribution in [1.29, 1.82) is 0 Å². The number of amides is 2. The van der Waals surface area contributed by atoms with Gasteiger partial charge in [-0.2, -0.15) is 0 Å². The van der Waals surface area contributed by atoms with E-state index in [4.69, 9.17) is 18.9 Å². The number of aliphatic imine (C=N–C) groups is 2. The zero-order valence-corrected chi connectivity index (χ0v) is 23.3. The third kappa shape index (κ3) is 5.45. The summed E-state index contributed by atoms with van der Waals surface area (Å²) >= 11 is 0. The van der Waals surface area contributed by atoms with E-state index in [9.17, 15) is 27.2 Å². The highest BCUT2D eigenvalue weighted by molar-refractivity contribution is 6.04. The van der Waals surface area contributed by atoms with E-state index in [0.29, 0.717) is 29.3 Å². The molecular formula is C29H28F4N4O6. The average molecular weight is 605 g/mol. The second-order valence-corrected chi connectivity index (χ2v) is 10.8. The Morgan fingerprint density at radius 1 is 0.721 bits per heavy atom. The molecule has 2 atom stereocenters. The van der Waals surface area contributed by atoms with Crippen molar-refractivity contribution in [3.63, 3.8) is 0 Å². The maximum absolute atomic E-state index is 13.9. The Bertz CT molecular complexity index is 1420. The Hall–Kier alpha value is -4.36. The smallest absolute Gasteiger partial charge is 0.267 e. The molecule has 2 fully saturated rings. The zero-order chi connectivity index (χ0) is 30.5. The summed E-state index contributed by atoms with van der Waals surface area (Å²) in [6.45, 7) is -0.971. The van der Waals surface area contributed by atoms with Crippen LogP contribution in [-0.4, -0.2) is 98.5 Å². The van der Waals surface area contributed by atoms with E-state index in [0.717, 1.165) is 9.80 Å². The minimum atomic E-state index is -2.97. The number of carbonyl (C=O) groups excluding carboxylic acids is 2. The number of ether oxygens (including phenoxy) is 4. The highest BCUT2D eigenvalue weighted by atomic mass is 19.3. The summed E-state index contributed by atoms with van der Waals surface area (Å²) in [5.74, 6) is -5.89. The Kier molecular flexibility index (Phi) is 7.17. The van der Waals surface area contributed by atoms with E-state index in [1.54, 1.807) is 0 Å². The van der Waals surface area contributed by atoms with Crippen LogP contribution >= 0.6 is 0 Å². The maximum atomic E-state index is 13.9. The molecule has 4 aliphatic rings. The lowest BCUT2D eigenvalue weighted by atomic mass is 10.1. The van der Waals surface area contributed by atoms with Crippen molar-refractivity contribution in [3.05, 3.63) is 35.4 Å². The minimum absolute atomic E-state index is 0.148. The molecule has 2 saturated heterocycles. The fourth-order valence-electron chi connectivity index (χ4n) is 5.67. The SMILES string of the molecule is COc1cc2c(cc1OCCCOc1cc3c(cc1OC)C(=O)N1CC(F)(F)C[C@H]1C=N3)N=C[C@@H]1CC(F)(F)CN1C2=O. The molecule has 0 unspecified atom stereocenters. The molecule has 0 spiro atoms. The van der Waals surface area contributed by atoms with Gasteiger partial charge in [-0.05, 0) is 12.1 Å². The summed E-state index contributed by atoms with van der Waals surface area (Å²) in [6.07, 6.45) is 2.16. The normalized spacial score (nSPS) is 22.7. The van der Waals surface area contributed by atoms with Crippen molar-refractivity contribution in [2.24, 2.45) is 9.98 Å². The van der Waals surface area contributed by atoms with E-state index in [-0.39, 0.29) is 35.8 Å². The van der Waals surface area contributed by atoms with Crippen molar-refractivity contribution in [2.45, 2.75) is 43.2 Å². The molecule has 6 rings (SSSR count). The molecule has 43 heavy (non-hydrogen) atoms. The van der Waals surface area contributed by atoms with Gasteiger partial charge in [-0.25, -0.2) is 17.6 Å². The van der Waals surface area contributed by atoms with Gasteiger partial charge in [-0.15, -0.1) is 0 Å². The van der Waals surface area contributed by atoms with Crippen LogP contribution in [0.25, 0.3) is 0 Å². The van der Waals surface area contributed by atoms with Crippen molar-refractivity contribution in [2.75, 3.05) is 40.5 Å². The number of benzene rings is 2. The molecule has 2 amide bonds. The first-order valence-corrected chi connectivity index (χ1v) is 13.6. The number of carbonyl (C=O) groups is 2. The molecule has 4 heterocycles. The molecule has 0 aliphatic carbocycles. The lowest BCUT2D eigenvalue weighted by Gasteiger charge is -2.20. The molecule has 0 radical (unpaired) electrons. The fraction of sp³-hybridized carbons (Fsp3) is 0.448. The number of rotatable bonds is 8. The van der Waals surface area contributed by atoms with Crippen molar-refractivity contribution >= 4 is 35.6 Å². The van der Waals surface area contributed by atoms with Crippen LogP contribution < -0.4 is 18.9 Å². The molecule has 0 saturated carbocycles. The van der Waals surface area contributed by atoms with Crippen LogP contribution in [0.15, 0.2) is 34.3 Å². The highest BCUT2D eigenvalue weighted by Gasteiger charge is 2.49. The van der Waals surface area contributed by atoms with Gasteiger partial charge in [0.15, 0.2) is 23.0 Å². The number of methoxy groups -OCH3 is 2. The number of hydrogen-bond donors (Lipinski definition) is 0. The number of nitrogens with zero attached hydrogens (tertiary/aromatic N) is 4. The Morgan fingerprint density at radius 2 is 1.14 bits per heavy atom. The first-order chi connectivity index (χ1) is 20.5. The molecule has 2 aromatic carbocycles. The number of fused-ring (bicyclic) bond motifs is 4. The van der Waals surface area contributed by atoms with Crippen LogP contribution in [-0.2, 0) is 0 Å². The first kappa shape index (κ1) is 28.7. The Morgan fingerprint density at radius 3 is 1.53 bits per heavy atom. The average Bonchev–Trinajstić information content (AvgIpc) is 3.39. The molecule has 2 aromatic rings. The van der Waals surface area contributed by atoms with Crippen LogP contribution in [0.1, 0.15) is 40.0 Å². The molecule has 4 aliphatic heterocycles. The second kappa shape index (κ2) is 10.7. The van der Waals surface area contributed by atoms with Gasteiger partial charge in [0, 0.05) is 43.8 Å². The van der Waals surface area contributed by atoms with Gasteiger partial charge < -0.3 is 28.7 Å². The monoisotopic (exact) mass is 604 g/mol. The zero-order valence-electron chi connectivity index (χ0n) is 23.3. The Balaban J connectivity index is 1.11. The van der Waals surface area contributed by atoms with Crippen molar-refractivity contribution in [1.82, 2.24) is 9.80 Å². The van der Waals surface area contributed by atoms with E-state index >= 15 is 0 Å². The van der Waals surface area contributed by atoms with Gasteiger partial charge in [0.2, 0.25) is 0 Å². The van der Waals surface area contributed by atoms with Crippen LogP contribution in [0.3, 0.4) is 0 Å². The fourth-order valence-corrected chi connectivity index (χ4v) is 5.67. The summed E-state index contributed by atoms with van der Waals surface area (Å²) in [6, 6.07) is 4.36. The summed E-state index contributed by atoms with van der Waals surface area (Å²) < 4.78 is 78.2. The van der Waals surface area contributed by atoms with Gasteiger partial charge in [-0.3, -0.25) is 19.6 Å². The van der Waals surface area contributed by atoms with Gasteiger partial charge in [0.05, 0.1) is 75.1 Å². The van der Waals surface area contributed by atoms with Crippen LogP contribution in [0.4, 0.5) is 28.9 Å². The summed E-state index contributed by atoms with van der Waals surface area (Å²) in [4.78, 5) is 36.8. The number of hydrogen-bond acceptors (Lipinski definition) is 8. The van der Waals surface area contributed by atoms with E-state index in [1.165, 1.54) is 50.9 Å². The van der Waals surface area contributed by atoms with Crippen molar-refractivity contribution < 1.29 is 46.1 Å². The largest absolute Gasteiger partial charge is 0.493 e. The summed E-state index contributed by atoms with van der Waals surface area (Å²) in [5, 5.41) is 0. The van der Waals surface area contributed by atoms with Gasteiger partial charge in [0.1, 0.15) is 0 Å². The molecular weight excluding hydrogens is 576 g/mol.